The average Bonchev–Trinajstić information content (AvgIpc) is 2.76. The van der Waals surface area contributed by atoms with Gasteiger partial charge in [-0.2, -0.15) is 0 Å². The van der Waals surface area contributed by atoms with Gasteiger partial charge in [-0.05, 0) is 55.9 Å². The predicted molar refractivity (Wildman–Crippen MR) is 113 cm³/mol. The number of carbonyl (C=O) groups excluding carboxylic acids is 1. The topological polar surface area (TPSA) is 69.6 Å². The molecule has 0 spiro atoms. The van der Waals surface area contributed by atoms with Gasteiger partial charge >= 0.3 is 0 Å². The molecular weight excluding hydrogens is 364 g/mol. The number of aryl methyl sites for hydroxylation is 1. The Morgan fingerprint density at radius 2 is 1.52 bits per heavy atom. The number of nitrogens with zero attached hydrogens (tertiary/aromatic N) is 4. The monoisotopic (exact) mass is 388 g/mol. The van der Waals surface area contributed by atoms with Crippen LogP contribution in [-0.4, -0.2) is 64.0 Å². The maximum atomic E-state index is 12.7. The zero-order chi connectivity index (χ0) is 20.4. The summed E-state index contributed by atoms with van der Waals surface area (Å²) in [6.45, 7) is 5.20. The van der Waals surface area contributed by atoms with E-state index in [1.54, 1.807) is 6.07 Å². The Balaban J connectivity index is 1.55. The molecule has 0 unspecified atom stereocenters. The van der Waals surface area contributed by atoms with Gasteiger partial charge in [0, 0.05) is 42.9 Å². The van der Waals surface area contributed by atoms with E-state index >= 15 is 0 Å². The van der Waals surface area contributed by atoms with Crippen molar-refractivity contribution in [3.05, 3.63) is 66.0 Å². The van der Waals surface area contributed by atoms with Crippen molar-refractivity contribution < 1.29 is 9.90 Å². The molecule has 0 bridgehead atoms. The molecule has 1 saturated heterocycles. The lowest BCUT2D eigenvalue weighted by molar-refractivity contribution is 0.0664. The van der Waals surface area contributed by atoms with Crippen molar-refractivity contribution in [1.29, 1.82) is 0 Å². The first-order valence-corrected chi connectivity index (χ1v) is 9.71. The molecule has 29 heavy (non-hydrogen) atoms. The molecular formula is C23H24N4O2. The van der Waals surface area contributed by atoms with Crippen molar-refractivity contribution in [2.75, 3.05) is 33.2 Å². The van der Waals surface area contributed by atoms with Crippen LogP contribution in [0.2, 0.25) is 0 Å². The van der Waals surface area contributed by atoms with Crippen molar-refractivity contribution in [3.63, 3.8) is 0 Å². The maximum absolute atomic E-state index is 12.7. The van der Waals surface area contributed by atoms with Gasteiger partial charge in [-0.1, -0.05) is 12.1 Å². The van der Waals surface area contributed by atoms with Crippen LogP contribution in [-0.2, 0) is 0 Å². The van der Waals surface area contributed by atoms with Crippen molar-refractivity contribution in [2.24, 2.45) is 0 Å². The molecule has 148 valence electrons. The third kappa shape index (κ3) is 4.12. The first kappa shape index (κ1) is 19.1. The third-order valence-electron chi connectivity index (χ3n) is 5.38. The molecule has 0 atom stereocenters. The van der Waals surface area contributed by atoms with Crippen LogP contribution in [0.15, 0.2) is 54.9 Å². The quantitative estimate of drug-likeness (QED) is 0.746. The summed E-state index contributed by atoms with van der Waals surface area (Å²) in [7, 11) is 2.08. The Bertz CT molecular complexity index is 1030. The van der Waals surface area contributed by atoms with E-state index in [1.165, 1.54) is 6.33 Å². The Morgan fingerprint density at radius 1 is 0.897 bits per heavy atom. The van der Waals surface area contributed by atoms with Crippen molar-refractivity contribution in [3.8, 4) is 28.3 Å². The SMILES string of the molecule is Cc1cc(-c2cc(-c3ccc(C(=O)N4CCN(C)CC4)cc3)ncn2)ccc1O. The van der Waals surface area contributed by atoms with E-state index in [-0.39, 0.29) is 11.7 Å². The number of piperazine rings is 1. The molecule has 6 heteroatoms. The molecule has 1 aromatic heterocycles. The highest BCUT2D eigenvalue weighted by molar-refractivity contribution is 5.94. The zero-order valence-electron chi connectivity index (χ0n) is 16.7. The van der Waals surface area contributed by atoms with Crippen molar-refractivity contribution in [2.45, 2.75) is 6.92 Å². The number of carbonyl (C=O) groups is 1. The van der Waals surface area contributed by atoms with E-state index in [4.69, 9.17) is 0 Å². The third-order valence-corrected chi connectivity index (χ3v) is 5.38. The summed E-state index contributed by atoms with van der Waals surface area (Å²) in [6, 6.07) is 14.9. The van der Waals surface area contributed by atoms with Crippen LogP contribution < -0.4 is 0 Å². The number of hydrogen-bond donors (Lipinski definition) is 1. The Hall–Kier alpha value is -3.25. The molecule has 4 rings (SSSR count). The molecule has 3 aromatic rings. The molecule has 0 saturated carbocycles. The fraction of sp³-hybridized carbons (Fsp3) is 0.261. The number of rotatable bonds is 3. The molecule has 1 amide bonds. The predicted octanol–water partition coefficient (Wildman–Crippen LogP) is 3.21. The number of aromatic hydroxyl groups is 1. The van der Waals surface area contributed by atoms with Crippen LogP contribution in [0.5, 0.6) is 5.75 Å². The largest absolute Gasteiger partial charge is 0.508 e. The number of benzene rings is 2. The zero-order valence-corrected chi connectivity index (χ0v) is 16.7. The number of phenols is 1. The number of likely N-dealkylation sites (N-methyl/N-ethyl adjacent to an activating group) is 1. The van der Waals surface area contributed by atoms with Gasteiger partial charge in [-0.15, -0.1) is 0 Å². The average molecular weight is 388 g/mol. The summed E-state index contributed by atoms with van der Waals surface area (Å²) in [4.78, 5) is 25.6. The lowest BCUT2D eigenvalue weighted by atomic mass is 10.0. The second-order valence-corrected chi connectivity index (χ2v) is 7.46. The Kier molecular flexibility index (Phi) is 5.27. The fourth-order valence-corrected chi connectivity index (χ4v) is 3.46. The van der Waals surface area contributed by atoms with E-state index in [1.807, 2.05) is 54.3 Å². The first-order chi connectivity index (χ1) is 14.0. The number of aromatic nitrogens is 2. The molecule has 1 aliphatic rings. The minimum Gasteiger partial charge on any atom is -0.508 e. The Labute approximate surface area is 170 Å². The molecule has 0 radical (unpaired) electrons. The molecule has 1 N–H and O–H groups in total. The summed E-state index contributed by atoms with van der Waals surface area (Å²) in [5.41, 5.74) is 4.93. The van der Waals surface area contributed by atoms with E-state index in [2.05, 4.69) is 21.9 Å². The molecule has 2 heterocycles. The van der Waals surface area contributed by atoms with Crippen molar-refractivity contribution >= 4 is 5.91 Å². The fourth-order valence-electron chi connectivity index (χ4n) is 3.46. The van der Waals surface area contributed by atoms with Gasteiger partial charge in [-0.25, -0.2) is 9.97 Å². The highest BCUT2D eigenvalue weighted by Gasteiger charge is 2.20. The summed E-state index contributed by atoms with van der Waals surface area (Å²) in [5.74, 6) is 0.344. The summed E-state index contributed by atoms with van der Waals surface area (Å²) >= 11 is 0. The highest BCUT2D eigenvalue weighted by Crippen LogP contribution is 2.26. The standard InChI is InChI=1S/C23H24N4O2/c1-16-13-19(7-8-22(16)28)21-14-20(24-15-25-21)17-3-5-18(6-4-17)23(29)27-11-9-26(2)10-12-27/h3-8,13-15,28H,9-12H2,1-2H3. The number of amides is 1. The summed E-state index contributed by atoms with van der Waals surface area (Å²) in [5, 5.41) is 9.74. The minimum absolute atomic E-state index is 0.0765. The summed E-state index contributed by atoms with van der Waals surface area (Å²) in [6.07, 6.45) is 1.54. The normalized spacial score (nSPS) is 14.8. The van der Waals surface area contributed by atoms with Gasteiger partial charge < -0.3 is 14.9 Å². The van der Waals surface area contributed by atoms with Gasteiger partial charge in [-0.3, -0.25) is 4.79 Å². The molecule has 1 fully saturated rings. The lowest BCUT2D eigenvalue weighted by Crippen LogP contribution is -2.47. The lowest BCUT2D eigenvalue weighted by Gasteiger charge is -2.32. The van der Waals surface area contributed by atoms with E-state index in [9.17, 15) is 9.90 Å². The molecule has 6 nitrogen and oxygen atoms in total. The molecule has 1 aliphatic heterocycles. The molecule has 0 aliphatic carbocycles. The summed E-state index contributed by atoms with van der Waals surface area (Å²) < 4.78 is 0. The number of hydrogen-bond acceptors (Lipinski definition) is 5. The van der Waals surface area contributed by atoms with Crippen LogP contribution in [0, 0.1) is 6.92 Å². The van der Waals surface area contributed by atoms with E-state index < -0.39 is 0 Å². The van der Waals surface area contributed by atoms with Crippen LogP contribution in [0.3, 0.4) is 0 Å². The number of phenolic OH excluding ortho intramolecular Hbond substituents is 1. The second-order valence-electron chi connectivity index (χ2n) is 7.46. The van der Waals surface area contributed by atoms with E-state index in [0.29, 0.717) is 5.56 Å². The van der Waals surface area contributed by atoms with E-state index in [0.717, 1.165) is 54.3 Å². The van der Waals surface area contributed by atoms with Crippen LogP contribution in [0.4, 0.5) is 0 Å². The Morgan fingerprint density at radius 3 is 2.17 bits per heavy atom. The van der Waals surface area contributed by atoms with Crippen LogP contribution >= 0.6 is 0 Å². The van der Waals surface area contributed by atoms with Crippen molar-refractivity contribution in [1.82, 2.24) is 19.8 Å². The minimum atomic E-state index is 0.0765. The highest BCUT2D eigenvalue weighted by atomic mass is 16.3. The second kappa shape index (κ2) is 8.01. The van der Waals surface area contributed by atoms with Crippen LogP contribution in [0.1, 0.15) is 15.9 Å². The van der Waals surface area contributed by atoms with Gasteiger partial charge in [0.2, 0.25) is 0 Å². The van der Waals surface area contributed by atoms with Gasteiger partial charge in [0.15, 0.2) is 0 Å². The molecule has 2 aromatic carbocycles. The van der Waals surface area contributed by atoms with Gasteiger partial charge in [0.1, 0.15) is 12.1 Å². The van der Waals surface area contributed by atoms with Gasteiger partial charge in [0.05, 0.1) is 11.4 Å². The van der Waals surface area contributed by atoms with Crippen LogP contribution in [0.25, 0.3) is 22.5 Å². The first-order valence-electron chi connectivity index (χ1n) is 9.71. The maximum Gasteiger partial charge on any atom is 0.253 e. The smallest absolute Gasteiger partial charge is 0.253 e. The van der Waals surface area contributed by atoms with Gasteiger partial charge in [0.25, 0.3) is 5.91 Å².